The highest BCUT2D eigenvalue weighted by Crippen LogP contribution is 2.01. The minimum Gasteiger partial charge on any atom is -0.392 e. The van der Waals surface area contributed by atoms with Crippen LogP contribution in [0, 0.1) is 5.92 Å². The lowest BCUT2D eigenvalue weighted by molar-refractivity contribution is 0.315. The lowest BCUT2D eigenvalue weighted by atomic mass is 10.1. The molecule has 0 radical (unpaired) electrons. The fourth-order valence-corrected chi connectivity index (χ4v) is 1.21. The van der Waals surface area contributed by atoms with Gasteiger partial charge >= 0.3 is 0 Å². The highest BCUT2D eigenvalue weighted by atomic mass is 32.1. The van der Waals surface area contributed by atoms with E-state index in [1.165, 1.54) is 6.42 Å². The molecule has 0 bridgehead atoms. The van der Waals surface area contributed by atoms with Gasteiger partial charge in [-0.1, -0.05) is 32.5 Å². The van der Waals surface area contributed by atoms with Crippen molar-refractivity contribution in [2.24, 2.45) is 11.7 Å². The Labute approximate surface area is 74.8 Å². The van der Waals surface area contributed by atoms with Crippen LogP contribution in [-0.4, -0.2) is 30.0 Å². The Morgan fingerprint density at radius 2 is 2.18 bits per heavy atom. The Morgan fingerprint density at radius 3 is 2.55 bits per heavy atom. The van der Waals surface area contributed by atoms with Crippen LogP contribution in [0.5, 0.6) is 0 Å². The van der Waals surface area contributed by atoms with Crippen molar-refractivity contribution in [3.8, 4) is 0 Å². The highest BCUT2D eigenvalue weighted by molar-refractivity contribution is 7.80. The first-order valence-electron chi connectivity index (χ1n) is 4.03. The summed E-state index contributed by atoms with van der Waals surface area (Å²) in [4.78, 5) is 2.74. The molecule has 0 spiro atoms. The molecule has 1 atom stereocenters. The van der Waals surface area contributed by atoms with Gasteiger partial charge in [-0.05, 0) is 13.0 Å². The molecular formula is C8H18N2S. The summed E-state index contributed by atoms with van der Waals surface area (Å²) >= 11 is 4.80. The highest BCUT2D eigenvalue weighted by Gasteiger charge is 2.04. The summed E-state index contributed by atoms with van der Waals surface area (Å²) in [6, 6.07) is 0. The Kier molecular flexibility index (Phi) is 5.42. The van der Waals surface area contributed by atoms with Crippen molar-refractivity contribution in [2.75, 3.05) is 20.1 Å². The molecule has 0 fully saturated rings. The summed E-state index contributed by atoms with van der Waals surface area (Å²) in [5.74, 6) is 0.731. The molecule has 0 aliphatic heterocycles. The topological polar surface area (TPSA) is 29.3 Å². The van der Waals surface area contributed by atoms with Gasteiger partial charge in [0.25, 0.3) is 0 Å². The smallest absolute Gasteiger partial charge is 0.0869 e. The largest absolute Gasteiger partial charge is 0.392 e. The Hall–Kier alpha value is -0.150. The van der Waals surface area contributed by atoms with E-state index in [1.54, 1.807) is 0 Å². The SMILES string of the molecule is CCC(C)CN(C)CC(N)=S. The Bertz CT molecular complexity index is 125. The minimum absolute atomic E-state index is 0.579. The van der Waals surface area contributed by atoms with Crippen molar-refractivity contribution in [3.05, 3.63) is 0 Å². The first-order valence-corrected chi connectivity index (χ1v) is 4.44. The molecule has 0 aromatic carbocycles. The van der Waals surface area contributed by atoms with Crippen molar-refractivity contribution >= 4 is 17.2 Å². The normalized spacial score (nSPS) is 13.5. The van der Waals surface area contributed by atoms with E-state index >= 15 is 0 Å². The van der Waals surface area contributed by atoms with Crippen LogP contribution in [0.25, 0.3) is 0 Å². The molecule has 0 aliphatic rings. The maximum absolute atomic E-state index is 5.40. The minimum atomic E-state index is 0.579. The number of thiocarbonyl (C=S) groups is 1. The average Bonchev–Trinajstić information content (AvgIpc) is 1.85. The van der Waals surface area contributed by atoms with Crippen LogP contribution in [0.4, 0.5) is 0 Å². The number of nitrogens with zero attached hydrogens (tertiary/aromatic N) is 1. The number of likely N-dealkylation sites (N-methyl/N-ethyl adjacent to an activating group) is 1. The van der Waals surface area contributed by atoms with Crippen molar-refractivity contribution in [1.29, 1.82) is 0 Å². The lowest BCUT2D eigenvalue weighted by Crippen LogP contribution is -2.32. The molecule has 0 rings (SSSR count). The molecule has 66 valence electrons. The number of hydrogen-bond donors (Lipinski definition) is 1. The number of nitrogens with two attached hydrogens (primary N) is 1. The molecule has 0 saturated carbocycles. The molecule has 11 heavy (non-hydrogen) atoms. The average molecular weight is 174 g/mol. The molecule has 0 aromatic heterocycles. The number of rotatable bonds is 5. The van der Waals surface area contributed by atoms with Gasteiger partial charge in [0.05, 0.1) is 4.99 Å². The third-order valence-corrected chi connectivity index (χ3v) is 1.88. The molecule has 3 heteroatoms. The number of hydrogen-bond acceptors (Lipinski definition) is 2. The zero-order valence-electron chi connectivity index (χ0n) is 7.63. The second kappa shape index (κ2) is 5.49. The second-order valence-corrected chi connectivity index (χ2v) is 3.70. The van der Waals surface area contributed by atoms with E-state index in [2.05, 4.69) is 18.7 Å². The van der Waals surface area contributed by atoms with E-state index in [9.17, 15) is 0 Å². The van der Waals surface area contributed by atoms with Crippen LogP contribution in [-0.2, 0) is 0 Å². The molecule has 0 amide bonds. The standard InChI is InChI=1S/C8H18N2S/c1-4-7(2)5-10(3)6-8(9)11/h7H,4-6H2,1-3H3,(H2,9,11). The molecule has 0 aliphatic carbocycles. The van der Waals surface area contributed by atoms with Crippen molar-refractivity contribution in [3.63, 3.8) is 0 Å². The third-order valence-electron chi connectivity index (χ3n) is 1.75. The maximum Gasteiger partial charge on any atom is 0.0869 e. The van der Waals surface area contributed by atoms with E-state index in [1.807, 2.05) is 7.05 Å². The van der Waals surface area contributed by atoms with Crippen LogP contribution in [0.1, 0.15) is 20.3 Å². The van der Waals surface area contributed by atoms with Gasteiger partial charge in [0.15, 0.2) is 0 Å². The Morgan fingerprint density at radius 1 is 1.64 bits per heavy atom. The van der Waals surface area contributed by atoms with Gasteiger partial charge in [-0.3, -0.25) is 4.90 Å². The zero-order valence-corrected chi connectivity index (χ0v) is 8.45. The van der Waals surface area contributed by atoms with E-state index in [0.29, 0.717) is 4.99 Å². The van der Waals surface area contributed by atoms with Gasteiger partial charge in [-0.15, -0.1) is 0 Å². The van der Waals surface area contributed by atoms with E-state index < -0.39 is 0 Å². The molecule has 2 N–H and O–H groups in total. The summed E-state index contributed by atoms with van der Waals surface area (Å²) in [5, 5.41) is 0. The Balaban J connectivity index is 3.51. The first kappa shape index (κ1) is 10.8. The van der Waals surface area contributed by atoms with E-state index in [-0.39, 0.29) is 0 Å². The van der Waals surface area contributed by atoms with Crippen LogP contribution in [0.15, 0.2) is 0 Å². The molecule has 2 nitrogen and oxygen atoms in total. The molecule has 0 saturated heterocycles. The summed E-state index contributed by atoms with van der Waals surface area (Å²) in [6.45, 7) is 6.24. The van der Waals surface area contributed by atoms with Crippen LogP contribution < -0.4 is 5.73 Å². The lowest BCUT2D eigenvalue weighted by Gasteiger charge is -2.19. The van der Waals surface area contributed by atoms with Gasteiger partial charge in [-0.25, -0.2) is 0 Å². The van der Waals surface area contributed by atoms with Crippen LogP contribution >= 0.6 is 12.2 Å². The maximum atomic E-state index is 5.40. The summed E-state index contributed by atoms with van der Waals surface area (Å²) in [5.41, 5.74) is 5.40. The van der Waals surface area contributed by atoms with Gasteiger partial charge in [-0.2, -0.15) is 0 Å². The van der Waals surface area contributed by atoms with Gasteiger partial charge < -0.3 is 5.73 Å². The monoisotopic (exact) mass is 174 g/mol. The fourth-order valence-electron chi connectivity index (χ4n) is 0.992. The zero-order chi connectivity index (χ0) is 8.85. The predicted molar refractivity (Wildman–Crippen MR) is 53.7 cm³/mol. The summed E-state index contributed by atoms with van der Waals surface area (Å²) in [6.07, 6.45) is 1.21. The molecule has 0 aromatic rings. The van der Waals surface area contributed by atoms with Gasteiger partial charge in [0.2, 0.25) is 0 Å². The second-order valence-electron chi connectivity index (χ2n) is 3.18. The third kappa shape index (κ3) is 6.26. The van der Waals surface area contributed by atoms with E-state index in [4.69, 9.17) is 18.0 Å². The van der Waals surface area contributed by atoms with Crippen LogP contribution in [0.2, 0.25) is 0 Å². The predicted octanol–water partition coefficient (Wildman–Crippen LogP) is 1.25. The van der Waals surface area contributed by atoms with Crippen molar-refractivity contribution in [2.45, 2.75) is 20.3 Å². The van der Waals surface area contributed by atoms with Crippen molar-refractivity contribution < 1.29 is 0 Å². The van der Waals surface area contributed by atoms with Gasteiger partial charge in [0, 0.05) is 13.1 Å². The fraction of sp³-hybridized carbons (Fsp3) is 0.875. The summed E-state index contributed by atoms with van der Waals surface area (Å²) < 4.78 is 0. The molecule has 0 heterocycles. The first-order chi connectivity index (χ1) is 5.06. The van der Waals surface area contributed by atoms with Crippen molar-refractivity contribution in [1.82, 2.24) is 4.90 Å². The molecule has 1 unspecified atom stereocenters. The summed E-state index contributed by atoms with van der Waals surface area (Å²) in [7, 11) is 2.05. The quantitative estimate of drug-likeness (QED) is 0.636. The van der Waals surface area contributed by atoms with E-state index in [0.717, 1.165) is 19.0 Å². The molecular weight excluding hydrogens is 156 g/mol. The van der Waals surface area contributed by atoms with Crippen LogP contribution in [0.3, 0.4) is 0 Å². The van der Waals surface area contributed by atoms with Gasteiger partial charge in [0.1, 0.15) is 0 Å².